The van der Waals surface area contributed by atoms with Crippen LogP contribution >= 0.6 is 11.3 Å². The Kier molecular flexibility index (Phi) is 9.09. The maximum Gasteiger partial charge on any atom is 0.344 e. The van der Waals surface area contributed by atoms with Crippen molar-refractivity contribution in [3.8, 4) is 34.3 Å². The van der Waals surface area contributed by atoms with Crippen LogP contribution in [0.25, 0.3) is 22.5 Å². The molecule has 222 valence electrons. The Bertz CT molecular complexity index is 1900. The third-order valence-corrected chi connectivity index (χ3v) is 9.56. The second kappa shape index (κ2) is 13.3. The number of carbonyl (C=O) groups is 2. The topological polar surface area (TPSA) is 139 Å². The Morgan fingerprint density at radius 2 is 1.57 bits per heavy atom. The van der Waals surface area contributed by atoms with Gasteiger partial charge in [0.2, 0.25) is 5.88 Å². The van der Waals surface area contributed by atoms with E-state index in [0.717, 1.165) is 26.8 Å². The average Bonchev–Trinajstić information content (AvgIpc) is 3.73. The van der Waals surface area contributed by atoms with Crippen molar-refractivity contribution in [2.75, 3.05) is 29.9 Å². The van der Waals surface area contributed by atoms with E-state index in [1.54, 1.807) is 23.6 Å². The van der Waals surface area contributed by atoms with Crippen LogP contribution in [0.15, 0.2) is 111 Å². The highest BCUT2D eigenvalue weighted by Crippen LogP contribution is 2.41. The minimum Gasteiger partial charge on any atom is -0.482 e. The van der Waals surface area contributed by atoms with Gasteiger partial charge in [0.1, 0.15) is 27.4 Å². The molecule has 2 aromatic heterocycles. The summed E-state index contributed by atoms with van der Waals surface area (Å²) in [6, 6.07) is 29.8. The Morgan fingerprint density at radius 3 is 2.18 bits per heavy atom. The van der Waals surface area contributed by atoms with Crippen molar-refractivity contribution in [2.24, 2.45) is 0 Å². The number of nitrogens with one attached hydrogen (secondary N) is 1. The zero-order valence-electron chi connectivity index (χ0n) is 23.3. The predicted octanol–water partition coefficient (Wildman–Crippen LogP) is 5.93. The Balaban J connectivity index is 1.19. The quantitative estimate of drug-likeness (QED) is 0.178. The molecule has 0 bridgehead atoms. The highest BCUT2D eigenvalue weighted by atomic mass is 32.2. The summed E-state index contributed by atoms with van der Waals surface area (Å²) in [5, 5.41) is 14.2. The van der Waals surface area contributed by atoms with Crippen molar-refractivity contribution in [1.29, 1.82) is 5.26 Å². The van der Waals surface area contributed by atoms with Crippen LogP contribution in [-0.2, 0) is 24.3 Å². The van der Waals surface area contributed by atoms with E-state index in [-0.39, 0.29) is 15.7 Å². The number of thiophene rings is 1. The fourth-order valence-corrected chi connectivity index (χ4v) is 6.58. The number of hydrogen-bond donors (Lipinski definition) is 1. The number of ether oxygens (including phenoxy) is 2. The molecule has 0 spiro atoms. The smallest absolute Gasteiger partial charge is 0.344 e. The molecule has 3 aromatic carbocycles. The van der Waals surface area contributed by atoms with Gasteiger partial charge in [0.15, 0.2) is 13.2 Å². The standard InChI is InChI=1S/C32H25N3O7S2/c1-35(44(38,39)29-13-8-18-43-29)24-14-16-25(17-15-24)40-21-28(37)41-20-27(36)34-32-26(19-33)30(22-9-4-2-5-10-22)31(42-32)23-11-6-3-7-12-23/h2-18H,20-21H2,1H3,(H,34,36). The van der Waals surface area contributed by atoms with Gasteiger partial charge in [0.05, 0.1) is 5.69 Å². The molecule has 0 fully saturated rings. The van der Waals surface area contributed by atoms with Gasteiger partial charge in [-0.3, -0.25) is 14.4 Å². The van der Waals surface area contributed by atoms with E-state index >= 15 is 0 Å². The van der Waals surface area contributed by atoms with E-state index in [0.29, 0.717) is 22.8 Å². The Hall–Kier alpha value is -5.38. The van der Waals surface area contributed by atoms with E-state index in [9.17, 15) is 23.3 Å². The van der Waals surface area contributed by atoms with Crippen molar-refractivity contribution in [2.45, 2.75) is 4.21 Å². The summed E-state index contributed by atoms with van der Waals surface area (Å²) in [6.07, 6.45) is 0. The average molecular weight is 628 g/mol. The molecule has 10 nitrogen and oxygen atoms in total. The summed E-state index contributed by atoms with van der Waals surface area (Å²) in [7, 11) is -2.24. The molecule has 1 amide bonds. The van der Waals surface area contributed by atoms with E-state index in [4.69, 9.17) is 13.9 Å². The number of rotatable bonds is 11. The highest BCUT2D eigenvalue weighted by Gasteiger charge is 2.25. The van der Waals surface area contributed by atoms with Gasteiger partial charge < -0.3 is 13.9 Å². The van der Waals surface area contributed by atoms with Gasteiger partial charge in [-0.25, -0.2) is 13.2 Å². The number of hydrogen-bond acceptors (Lipinski definition) is 9. The first-order chi connectivity index (χ1) is 21.3. The molecule has 12 heteroatoms. The highest BCUT2D eigenvalue weighted by molar-refractivity contribution is 7.94. The molecule has 0 unspecified atom stereocenters. The minimum atomic E-state index is -3.69. The number of carbonyl (C=O) groups excluding carboxylic acids is 2. The molecule has 0 atom stereocenters. The number of sulfonamides is 1. The largest absolute Gasteiger partial charge is 0.482 e. The predicted molar refractivity (Wildman–Crippen MR) is 166 cm³/mol. The second-order valence-corrected chi connectivity index (χ2v) is 12.4. The van der Waals surface area contributed by atoms with Crippen molar-refractivity contribution in [3.05, 3.63) is 108 Å². The lowest BCUT2D eigenvalue weighted by Crippen LogP contribution is -2.25. The second-order valence-electron chi connectivity index (χ2n) is 9.25. The maximum atomic E-state index is 12.7. The van der Waals surface area contributed by atoms with Crippen molar-refractivity contribution >= 4 is 44.8 Å². The molecular formula is C32H25N3O7S2. The lowest BCUT2D eigenvalue weighted by molar-refractivity contribution is -0.149. The molecular weight excluding hydrogens is 603 g/mol. The lowest BCUT2D eigenvalue weighted by Gasteiger charge is -2.18. The molecule has 0 aliphatic rings. The number of anilines is 2. The van der Waals surface area contributed by atoms with Gasteiger partial charge in [0, 0.05) is 18.2 Å². The van der Waals surface area contributed by atoms with E-state index in [1.807, 2.05) is 60.7 Å². The van der Waals surface area contributed by atoms with Gasteiger partial charge >= 0.3 is 5.97 Å². The fourth-order valence-electron chi connectivity index (χ4n) is 4.23. The lowest BCUT2D eigenvalue weighted by atomic mass is 9.98. The SMILES string of the molecule is CN(c1ccc(OCC(=O)OCC(=O)Nc2oc(-c3ccccc3)c(-c3ccccc3)c2C#N)cc1)S(=O)(=O)c1cccs1. The minimum absolute atomic E-state index is 0.0614. The van der Waals surface area contributed by atoms with Crippen LogP contribution in [-0.4, -0.2) is 40.6 Å². The van der Waals surface area contributed by atoms with E-state index in [1.165, 1.54) is 25.2 Å². The molecule has 0 aliphatic carbocycles. The van der Waals surface area contributed by atoms with Crippen molar-refractivity contribution in [1.82, 2.24) is 0 Å². The van der Waals surface area contributed by atoms with Crippen LogP contribution in [0, 0.1) is 11.3 Å². The first-order valence-corrected chi connectivity index (χ1v) is 15.5. The normalized spacial score (nSPS) is 10.9. The van der Waals surface area contributed by atoms with Crippen LogP contribution < -0.4 is 14.4 Å². The molecule has 0 saturated carbocycles. The summed E-state index contributed by atoms with van der Waals surface area (Å²) in [5.41, 5.74) is 2.53. The molecule has 0 radical (unpaired) electrons. The molecule has 0 saturated heterocycles. The van der Waals surface area contributed by atoms with Crippen LogP contribution in [0.5, 0.6) is 5.75 Å². The van der Waals surface area contributed by atoms with Gasteiger partial charge in [0.25, 0.3) is 15.9 Å². The number of nitrogens with zero attached hydrogens (tertiary/aromatic N) is 2. The van der Waals surface area contributed by atoms with Crippen LogP contribution in [0.4, 0.5) is 11.6 Å². The molecule has 5 rings (SSSR count). The number of amides is 1. The van der Waals surface area contributed by atoms with Gasteiger partial charge in [-0.05, 0) is 41.3 Å². The van der Waals surface area contributed by atoms with Crippen LogP contribution in [0.1, 0.15) is 5.56 Å². The third kappa shape index (κ3) is 6.64. The number of esters is 1. The first kappa shape index (κ1) is 30.1. The molecule has 2 heterocycles. The third-order valence-electron chi connectivity index (χ3n) is 6.40. The van der Waals surface area contributed by atoms with E-state index in [2.05, 4.69) is 11.4 Å². The van der Waals surface area contributed by atoms with Crippen LogP contribution in [0.2, 0.25) is 0 Å². The fraction of sp³-hybridized carbons (Fsp3) is 0.0938. The first-order valence-electron chi connectivity index (χ1n) is 13.2. The van der Waals surface area contributed by atoms with Crippen LogP contribution in [0.3, 0.4) is 0 Å². The van der Waals surface area contributed by atoms with Gasteiger partial charge in [-0.1, -0.05) is 66.7 Å². The zero-order valence-corrected chi connectivity index (χ0v) is 24.9. The number of benzene rings is 3. The zero-order chi connectivity index (χ0) is 31.1. The number of nitriles is 1. The molecule has 0 aliphatic heterocycles. The molecule has 1 N–H and O–H groups in total. The summed E-state index contributed by atoms with van der Waals surface area (Å²) in [4.78, 5) is 24.9. The maximum absolute atomic E-state index is 12.7. The summed E-state index contributed by atoms with van der Waals surface area (Å²) < 4.78 is 43.2. The number of furan rings is 1. The van der Waals surface area contributed by atoms with Crippen molar-refractivity contribution in [3.63, 3.8) is 0 Å². The van der Waals surface area contributed by atoms with Crippen molar-refractivity contribution < 1.29 is 31.9 Å². The van der Waals surface area contributed by atoms with Gasteiger partial charge in [-0.2, -0.15) is 5.26 Å². The summed E-state index contributed by atoms with van der Waals surface area (Å²) in [5.74, 6) is -0.865. The summed E-state index contributed by atoms with van der Waals surface area (Å²) >= 11 is 1.12. The Morgan fingerprint density at radius 1 is 0.909 bits per heavy atom. The molecule has 44 heavy (non-hydrogen) atoms. The summed E-state index contributed by atoms with van der Waals surface area (Å²) in [6.45, 7) is -1.13. The molecule has 5 aromatic rings. The Labute approximate surface area is 257 Å². The van der Waals surface area contributed by atoms with E-state index < -0.39 is 35.1 Å². The monoisotopic (exact) mass is 627 g/mol. The van der Waals surface area contributed by atoms with Gasteiger partial charge in [-0.15, -0.1) is 11.3 Å².